The highest BCUT2D eigenvalue weighted by Gasteiger charge is 2.28. The van der Waals surface area contributed by atoms with Crippen LogP contribution in [0.25, 0.3) is 0 Å². The van der Waals surface area contributed by atoms with Gasteiger partial charge in [-0.1, -0.05) is 19.9 Å². The smallest absolute Gasteiger partial charge is 0.303 e. The summed E-state index contributed by atoms with van der Waals surface area (Å²) in [6, 6.07) is 4.18. The van der Waals surface area contributed by atoms with Gasteiger partial charge in [0.2, 0.25) is 5.91 Å². The molecule has 5 heteroatoms. The molecule has 1 N–H and O–H groups in total. The van der Waals surface area contributed by atoms with Crippen molar-refractivity contribution in [1.29, 1.82) is 0 Å². The molecule has 0 aromatic carbocycles. The number of nitrogens with zero attached hydrogens (tertiary/aromatic N) is 1. The molecule has 20 heavy (non-hydrogen) atoms. The van der Waals surface area contributed by atoms with Crippen molar-refractivity contribution in [2.75, 3.05) is 7.05 Å². The van der Waals surface area contributed by atoms with Gasteiger partial charge in [-0.15, -0.1) is 11.3 Å². The van der Waals surface area contributed by atoms with E-state index in [0.717, 1.165) is 6.42 Å². The second kappa shape index (κ2) is 6.88. The summed E-state index contributed by atoms with van der Waals surface area (Å²) in [5.74, 6) is -0.864. The molecule has 1 amide bonds. The molecule has 0 saturated heterocycles. The number of aliphatic carboxylic acids is 1. The first-order valence-electron chi connectivity index (χ1n) is 6.71. The largest absolute Gasteiger partial charge is 0.481 e. The number of amides is 1. The average molecular weight is 297 g/mol. The lowest BCUT2D eigenvalue weighted by Gasteiger charge is -2.29. The van der Waals surface area contributed by atoms with Crippen LogP contribution in [0.4, 0.5) is 0 Å². The normalized spacial score (nSPS) is 13.0. The zero-order chi connectivity index (χ0) is 15.3. The van der Waals surface area contributed by atoms with Gasteiger partial charge in [0.05, 0.1) is 6.42 Å². The third-order valence-corrected chi connectivity index (χ3v) is 4.29. The number of hydrogen-bond donors (Lipinski definition) is 1. The van der Waals surface area contributed by atoms with Gasteiger partial charge in [0.1, 0.15) is 0 Å². The molecule has 0 aliphatic heterocycles. The van der Waals surface area contributed by atoms with Crippen molar-refractivity contribution < 1.29 is 14.7 Å². The first-order chi connectivity index (χ1) is 9.21. The number of carboxylic acids is 1. The Balaban J connectivity index is 2.55. The van der Waals surface area contributed by atoms with Crippen molar-refractivity contribution in [3.63, 3.8) is 0 Å². The van der Waals surface area contributed by atoms with E-state index in [-0.39, 0.29) is 24.8 Å². The average Bonchev–Trinajstić information content (AvgIpc) is 2.77. The predicted molar refractivity (Wildman–Crippen MR) is 80.9 cm³/mol. The van der Waals surface area contributed by atoms with Crippen molar-refractivity contribution in [3.05, 3.63) is 22.4 Å². The lowest BCUT2D eigenvalue weighted by molar-refractivity contribution is -0.140. The zero-order valence-corrected chi connectivity index (χ0v) is 13.4. The van der Waals surface area contributed by atoms with E-state index < -0.39 is 11.4 Å². The first-order valence-corrected chi connectivity index (χ1v) is 7.59. The maximum atomic E-state index is 12.2. The van der Waals surface area contributed by atoms with Gasteiger partial charge in [-0.3, -0.25) is 9.59 Å². The Morgan fingerprint density at radius 3 is 2.55 bits per heavy atom. The third kappa shape index (κ3) is 5.33. The minimum atomic E-state index is -0.864. The highest BCUT2D eigenvalue weighted by atomic mass is 32.1. The van der Waals surface area contributed by atoms with Crippen LogP contribution in [0, 0.1) is 5.41 Å². The number of rotatable bonds is 7. The Hall–Kier alpha value is -1.36. The molecule has 1 heterocycles. The van der Waals surface area contributed by atoms with E-state index in [1.807, 2.05) is 32.2 Å². The Labute approximate surface area is 124 Å². The van der Waals surface area contributed by atoms with E-state index >= 15 is 0 Å². The SMILES string of the molecule is CC(Cc1cccs1)N(C)C(=O)CC(C)(C)CC(=O)O. The summed E-state index contributed by atoms with van der Waals surface area (Å²) in [4.78, 5) is 26.0. The maximum absolute atomic E-state index is 12.2. The van der Waals surface area contributed by atoms with Gasteiger partial charge >= 0.3 is 5.97 Å². The van der Waals surface area contributed by atoms with Gasteiger partial charge in [0, 0.05) is 30.8 Å². The molecule has 0 saturated carbocycles. The Bertz CT molecular complexity index is 454. The number of hydrogen-bond acceptors (Lipinski definition) is 3. The molecule has 0 fully saturated rings. The summed E-state index contributed by atoms with van der Waals surface area (Å²) < 4.78 is 0. The quantitative estimate of drug-likeness (QED) is 0.841. The molecular weight excluding hydrogens is 274 g/mol. The van der Waals surface area contributed by atoms with Crippen molar-refractivity contribution in [3.8, 4) is 0 Å². The highest BCUT2D eigenvalue weighted by Crippen LogP contribution is 2.26. The van der Waals surface area contributed by atoms with Crippen LogP contribution in [0.2, 0.25) is 0 Å². The molecule has 1 atom stereocenters. The van der Waals surface area contributed by atoms with Crippen LogP contribution in [-0.4, -0.2) is 35.0 Å². The Morgan fingerprint density at radius 1 is 1.40 bits per heavy atom. The van der Waals surface area contributed by atoms with E-state index in [1.54, 1.807) is 23.3 Å². The van der Waals surface area contributed by atoms with Gasteiger partial charge in [0.25, 0.3) is 0 Å². The Morgan fingerprint density at radius 2 is 2.05 bits per heavy atom. The minimum absolute atomic E-state index is 0.000283. The molecule has 0 radical (unpaired) electrons. The highest BCUT2D eigenvalue weighted by molar-refractivity contribution is 7.09. The lowest BCUT2D eigenvalue weighted by atomic mass is 9.85. The summed E-state index contributed by atoms with van der Waals surface area (Å²) in [6.07, 6.45) is 1.09. The molecule has 1 unspecified atom stereocenters. The van der Waals surface area contributed by atoms with Crippen molar-refractivity contribution >= 4 is 23.2 Å². The molecular formula is C15H23NO3S. The fourth-order valence-corrected chi connectivity index (χ4v) is 2.94. The lowest BCUT2D eigenvalue weighted by Crippen LogP contribution is -2.38. The topological polar surface area (TPSA) is 57.6 Å². The first kappa shape index (κ1) is 16.7. The zero-order valence-electron chi connectivity index (χ0n) is 12.5. The number of carbonyl (C=O) groups excluding carboxylic acids is 1. The molecule has 0 aliphatic carbocycles. The molecule has 1 aromatic rings. The fourth-order valence-electron chi connectivity index (χ4n) is 2.11. The maximum Gasteiger partial charge on any atom is 0.303 e. The second-order valence-corrected chi connectivity index (χ2v) is 7.08. The molecule has 1 aromatic heterocycles. The van der Waals surface area contributed by atoms with Crippen LogP contribution in [0.3, 0.4) is 0 Å². The van der Waals surface area contributed by atoms with Crippen LogP contribution in [0.1, 0.15) is 38.5 Å². The van der Waals surface area contributed by atoms with Gasteiger partial charge in [-0.25, -0.2) is 0 Å². The molecule has 0 bridgehead atoms. The van der Waals surface area contributed by atoms with Crippen LogP contribution >= 0.6 is 11.3 Å². The van der Waals surface area contributed by atoms with E-state index in [9.17, 15) is 9.59 Å². The molecule has 112 valence electrons. The van der Waals surface area contributed by atoms with Crippen molar-refractivity contribution in [2.24, 2.45) is 5.41 Å². The van der Waals surface area contributed by atoms with Crippen molar-refractivity contribution in [2.45, 2.75) is 46.1 Å². The van der Waals surface area contributed by atoms with E-state index in [2.05, 4.69) is 6.07 Å². The van der Waals surface area contributed by atoms with Gasteiger partial charge < -0.3 is 10.0 Å². The summed E-state index contributed by atoms with van der Waals surface area (Å²) in [6.45, 7) is 5.65. The van der Waals surface area contributed by atoms with E-state index in [1.165, 1.54) is 4.88 Å². The minimum Gasteiger partial charge on any atom is -0.481 e. The van der Waals surface area contributed by atoms with E-state index in [0.29, 0.717) is 0 Å². The summed E-state index contributed by atoms with van der Waals surface area (Å²) in [5.41, 5.74) is -0.514. The number of likely N-dealkylation sites (N-methyl/N-ethyl adjacent to an activating group) is 1. The number of carboxylic acid groups (broad SMARTS) is 1. The summed E-state index contributed by atoms with van der Waals surface area (Å²) in [5, 5.41) is 10.9. The fraction of sp³-hybridized carbons (Fsp3) is 0.600. The predicted octanol–water partition coefficient (Wildman–Crippen LogP) is 3.03. The monoisotopic (exact) mass is 297 g/mol. The van der Waals surface area contributed by atoms with E-state index in [4.69, 9.17) is 5.11 Å². The Kier molecular flexibility index (Phi) is 5.74. The number of thiophene rings is 1. The van der Waals surface area contributed by atoms with Gasteiger partial charge in [-0.2, -0.15) is 0 Å². The van der Waals surface area contributed by atoms with Crippen LogP contribution < -0.4 is 0 Å². The second-order valence-electron chi connectivity index (χ2n) is 6.05. The van der Waals surface area contributed by atoms with Crippen LogP contribution in [0.15, 0.2) is 17.5 Å². The molecule has 0 aliphatic rings. The van der Waals surface area contributed by atoms with Crippen LogP contribution in [0.5, 0.6) is 0 Å². The van der Waals surface area contributed by atoms with Gasteiger partial charge in [0.15, 0.2) is 0 Å². The number of carbonyl (C=O) groups is 2. The standard InChI is InChI=1S/C15H23NO3S/c1-11(8-12-6-5-7-20-12)16(4)13(17)9-15(2,3)10-14(18)19/h5-7,11H,8-10H2,1-4H3,(H,18,19). The van der Waals surface area contributed by atoms with Gasteiger partial charge in [-0.05, 0) is 23.8 Å². The van der Waals surface area contributed by atoms with Crippen molar-refractivity contribution in [1.82, 2.24) is 4.90 Å². The summed E-state index contributed by atoms with van der Waals surface area (Å²) >= 11 is 1.69. The third-order valence-electron chi connectivity index (χ3n) is 3.39. The molecule has 0 spiro atoms. The molecule has 4 nitrogen and oxygen atoms in total. The molecule has 1 rings (SSSR count). The van der Waals surface area contributed by atoms with Crippen LogP contribution in [-0.2, 0) is 16.0 Å². The summed E-state index contributed by atoms with van der Waals surface area (Å²) in [7, 11) is 1.79.